The quantitative estimate of drug-likeness (QED) is 0.635. The zero-order valence-electron chi connectivity index (χ0n) is 12.3. The Kier molecular flexibility index (Phi) is 5.23. The highest BCUT2D eigenvalue weighted by molar-refractivity contribution is 7.07. The molecule has 4 nitrogen and oxygen atoms in total. The van der Waals surface area contributed by atoms with Crippen LogP contribution in [0.1, 0.15) is 0 Å². The maximum Gasteiger partial charge on any atom is 0.190 e. The fourth-order valence-electron chi connectivity index (χ4n) is 2.11. The molecule has 23 heavy (non-hydrogen) atoms. The van der Waals surface area contributed by atoms with E-state index in [9.17, 15) is 0 Å². The molecule has 0 N–H and O–H groups in total. The lowest BCUT2D eigenvalue weighted by atomic mass is 10.3. The molecule has 0 unspecified atom stereocenters. The third kappa shape index (κ3) is 3.70. The molecule has 0 aliphatic heterocycles. The van der Waals surface area contributed by atoms with Gasteiger partial charge in [-0.2, -0.15) is 0 Å². The first-order valence-electron chi connectivity index (χ1n) is 6.90. The summed E-state index contributed by atoms with van der Waals surface area (Å²) in [5, 5.41) is 3.12. The molecule has 0 saturated carbocycles. The fourth-order valence-corrected chi connectivity index (χ4v) is 3.49. The third-order valence-electron chi connectivity index (χ3n) is 3.22. The summed E-state index contributed by atoms with van der Waals surface area (Å²) >= 11 is 13.7. The number of hydrogen-bond acceptors (Lipinski definition) is 4. The van der Waals surface area contributed by atoms with E-state index < -0.39 is 0 Å². The maximum absolute atomic E-state index is 6.22. The molecule has 0 atom stereocenters. The van der Waals surface area contributed by atoms with Gasteiger partial charge in [-0.05, 0) is 30.3 Å². The molecule has 2 heterocycles. The molecule has 0 bridgehead atoms. The van der Waals surface area contributed by atoms with Crippen molar-refractivity contribution in [2.75, 3.05) is 13.7 Å². The third-order valence-corrected chi connectivity index (χ3v) is 4.62. The maximum atomic E-state index is 6.22. The van der Waals surface area contributed by atoms with Crippen molar-refractivity contribution in [2.45, 2.75) is 6.54 Å². The zero-order valence-corrected chi connectivity index (χ0v) is 14.7. The Hall–Kier alpha value is -1.53. The van der Waals surface area contributed by atoms with Crippen LogP contribution in [0, 0.1) is 0 Å². The van der Waals surface area contributed by atoms with Gasteiger partial charge in [-0.25, -0.2) is 4.99 Å². The van der Waals surface area contributed by atoms with Crippen LogP contribution in [-0.2, 0) is 11.3 Å². The smallest absolute Gasteiger partial charge is 0.190 e. The van der Waals surface area contributed by atoms with E-state index >= 15 is 0 Å². The lowest BCUT2D eigenvalue weighted by molar-refractivity contribution is 0.187. The molecule has 0 fully saturated rings. The molecule has 0 saturated heterocycles. The van der Waals surface area contributed by atoms with Gasteiger partial charge in [0, 0.05) is 24.1 Å². The fraction of sp³-hybridized carbons (Fsp3) is 0.188. The molecule has 0 aliphatic rings. The van der Waals surface area contributed by atoms with E-state index in [1.54, 1.807) is 31.6 Å². The second-order valence-electron chi connectivity index (χ2n) is 4.73. The summed E-state index contributed by atoms with van der Waals surface area (Å²) in [5.41, 5.74) is 1.64. The van der Waals surface area contributed by atoms with Crippen LogP contribution in [0.4, 0.5) is 5.69 Å². The van der Waals surface area contributed by atoms with Crippen LogP contribution in [0.25, 0.3) is 11.5 Å². The van der Waals surface area contributed by atoms with Gasteiger partial charge in [-0.3, -0.25) is 0 Å². The van der Waals surface area contributed by atoms with E-state index in [1.165, 1.54) is 11.3 Å². The predicted molar refractivity (Wildman–Crippen MR) is 93.6 cm³/mol. The number of halogens is 2. The summed E-state index contributed by atoms with van der Waals surface area (Å²) in [6, 6.07) is 9.04. The minimum Gasteiger partial charge on any atom is -0.463 e. The highest BCUT2D eigenvalue weighted by atomic mass is 35.5. The molecule has 3 rings (SSSR count). The summed E-state index contributed by atoms with van der Waals surface area (Å²) in [7, 11) is 1.67. The number of methoxy groups -OCH3 is 1. The van der Waals surface area contributed by atoms with Crippen molar-refractivity contribution in [2.24, 2.45) is 4.99 Å². The van der Waals surface area contributed by atoms with Gasteiger partial charge in [0.05, 0.1) is 29.3 Å². The van der Waals surface area contributed by atoms with Crippen LogP contribution in [0.3, 0.4) is 0 Å². The topological polar surface area (TPSA) is 39.7 Å². The number of aromatic nitrogens is 1. The van der Waals surface area contributed by atoms with Gasteiger partial charge in [0.1, 0.15) is 0 Å². The largest absolute Gasteiger partial charge is 0.463 e. The van der Waals surface area contributed by atoms with Crippen LogP contribution in [0.2, 0.25) is 10.0 Å². The van der Waals surface area contributed by atoms with E-state index in [0.29, 0.717) is 28.9 Å². The van der Waals surface area contributed by atoms with Gasteiger partial charge in [0.15, 0.2) is 10.6 Å². The van der Waals surface area contributed by atoms with Crippen molar-refractivity contribution in [1.29, 1.82) is 0 Å². The number of ether oxygens (including phenoxy) is 1. The number of rotatable bonds is 5. The van der Waals surface area contributed by atoms with Gasteiger partial charge >= 0.3 is 0 Å². The molecule has 0 amide bonds. The van der Waals surface area contributed by atoms with E-state index in [-0.39, 0.29) is 0 Å². The Morgan fingerprint density at radius 1 is 1.30 bits per heavy atom. The number of furan rings is 1. The monoisotopic (exact) mass is 368 g/mol. The normalized spacial score (nSPS) is 12.0. The molecule has 7 heteroatoms. The van der Waals surface area contributed by atoms with Crippen LogP contribution in [-0.4, -0.2) is 18.3 Å². The van der Waals surface area contributed by atoms with Crippen molar-refractivity contribution in [3.05, 3.63) is 56.8 Å². The van der Waals surface area contributed by atoms with E-state index in [2.05, 4.69) is 9.56 Å². The molecular formula is C16H14Cl2N2O2S. The molecule has 0 radical (unpaired) electrons. The second-order valence-corrected chi connectivity index (χ2v) is 6.41. The lowest BCUT2D eigenvalue weighted by Gasteiger charge is -2.06. The summed E-state index contributed by atoms with van der Waals surface area (Å²) < 4.78 is 12.8. The van der Waals surface area contributed by atoms with Crippen LogP contribution >= 0.6 is 34.5 Å². The van der Waals surface area contributed by atoms with Crippen molar-refractivity contribution in [3.63, 3.8) is 0 Å². The predicted octanol–water partition coefficient (Wildman–Crippen LogP) is 5.00. The second kappa shape index (κ2) is 7.36. The van der Waals surface area contributed by atoms with Gasteiger partial charge in [-0.15, -0.1) is 11.3 Å². The van der Waals surface area contributed by atoms with Crippen LogP contribution in [0.15, 0.2) is 51.4 Å². The van der Waals surface area contributed by atoms with Gasteiger partial charge < -0.3 is 13.7 Å². The Morgan fingerprint density at radius 2 is 2.17 bits per heavy atom. The van der Waals surface area contributed by atoms with Gasteiger partial charge in [0.25, 0.3) is 0 Å². The molecule has 0 aliphatic carbocycles. The summed E-state index contributed by atoms with van der Waals surface area (Å²) in [4.78, 5) is 5.48. The standard InChI is InChI=1S/C16H14Cl2N2O2S/c1-21-8-6-20-14(15-3-2-7-22-15)10-23-16(20)19-13-5-4-11(17)9-12(13)18/h2-5,7,9-10H,6,8H2,1H3. The van der Waals surface area contributed by atoms with Crippen molar-refractivity contribution < 1.29 is 9.15 Å². The average molecular weight is 369 g/mol. The SMILES string of the molecule is COCCn1c(-c2ccco2)csc1=Nc1ccc(Cl)cc1Cl. The van der Waals surface area contributed by atoms with Gasteiger partial charge in [0.2, 0.25) is 0 Å². The molecule has 3 aromatic rings. The summed E-state index contributed by atoms with van der Waals surface area (Å²) in [6.07, 6.45) is 1.65. The van der Waals surface area contributed by atoms with Crippen molar-refractivity contribution in [3.8, 4) is 11.5 Å². The molecular weight excluding hydrogens is 355 g/mol. The van der Waals surface area contributed by atoms with E-state index in [0.717, 1.165) is 16.3 Å². The first kappa shape index (κ1) is 16.3. The van der Waals surface area contributed by atoms with E-state index in [1.807, 2.05) is 17.5 Å². The van der Waals surface area contributed by atoms with Gasteiger partial charge in [-0.1, -0.05) is 23.2 Å². The lowest BCUT2D eigenvalue weighted by Crippen LogP contribution is -2.18. The summed E-state index contributed by atoms with van der Waals surface area (Å²) in [5.74, 6) is 0.793. The number of thiazole rings is 1. The minimum absolute atomic E-state index is 0.517. The first-order chi connectivity index (χ1) is 11.2. The molecule has 0 spiro atoms. The molecule has 2 aromatic heterocycles. The molecule has 1 aromatic carbocycles. The molecule has 120 valence electrons. The van der Waals surface area contributed by atoms with Crippen LogP contribution in [0.5, 0.6) is 0 Å². The minimum atomic E-state index is 0.517. The highest BCUT2D eigenvalue weighted by Crippen LogP contribution is 2.28. The Balaban J connectivity index is 2.09. The van der Waals surface area contributed by atoms with Crippen LogP contribution < -0.4 is 4.80 Å². The first-order valence-corrected chi connectivity index (χ1v) is 8.53. The number of nitrogens with zero attached hydrogens (tertiary/aromatic N) is 2. The van der Waals surface area contributed by atoms with Crippen molar-refractivity contribution >= 4 is 40.2 Å². The Morgan fingerprint density at radius 3 is 2.87 bits per heavy atom. The number of benzene rings is 1. The number of hydrogen-bond donors (Lipinski definition) is 0. The van der Waals surface area contributed by atoms with Crippen molar-refractivity contribution in [1.82, 2.24) is 4.57 Å². The summed E-state index contributed by atoms with van der Waals surface area (Å²) in [6.45, 7) is 1.24. The Bertz CT molecular complexity index is 853. The highest BCUT2D eigenvalue weighted by Gasteiger charge is 2.11. The van der Waals surface area contributed by atoms with E-state index in [4.69, 9.17) is 32.4 Å². The average Bonchev–Trinajstić information content (AvgIpc) is 3.17. The zero-order chi connectivity index (χ0) is 16.2. The Labute approximate surface area is 147 Å².